The number of aryl methyl sites for hydroxylation is 1. The lowest BCUT2D eigenvalue weighted by atomic mass is 9.85. The second kappa shape index (κ2) is 7.30. The molecule has 0 bridgehead atoms. The molecule has 1 aromatic heterocycles. The third-order valence-electron chi connectivity index (χ3n) is 5.31. The number of hydrogen-bond donors (Lipinski definition) is 2. The van der Waals surface area contributed by atoms with Crippen LogP contribution in [0, 0.1) is 5.92 Å². The number of nitrogens with one attached hydrogen (secondary N) is 2. The summed E-state index contributed by atoms with van der Waals surface area (Å²) in [6.07, 6.45) is 13.5. The number of fused-ring (bicyclic) bond motifs is 1. The Morgan fingerprint density at radius 2 is 1.91 bits per heavy atom. The van der Waals surface area contributed by atoms with Gasteiger partial charge in [-0.1, -0.05) is 38.5 Å². The highest BCUT2D eigenvalue weighted by atomic mass is 16.2. The zero-order valence-electron chi connectivity index (χ0n) is 13.8. The minimum Gasteiger partial charge on any atom is -0.348 e. The lowest BCUT2D eigenvalue weighted by Crippen LogP contribution is -2.35. The largest absolute Gasteiger partial charge is 0.348 e. The van der Waals surface area contributed by atoms with E-state index in [-0.39, 0.29) is 11.9 Å². The van der Waals surface area contributed by atoms with Crippen molar-refractivity contribution in [1.29, 1.82) is 0 Å². The molecule has 4 nitrogen and oxygen atoms in total. The zero-order valence-corrected chi connectivity index (χ0v) is 13.8. The number of carbonyl (C=O) groups is 1. The van der Waals surface area contributed by atoms with Gasteiger partial charge in [0.25, 0.3) is 5.91 Å². The van der Waals surface area contributed by atoms with Gasteiger partial charge in [0.15, 0.2) is 5.69 Å². The predicted molar refractivity (Wildman–Crippen MR) is 88.0 cm³/mol. The molecule has 0 aliphatic heterocycles. The van der Waals surface area contributed by atoms with Crippen molar-refractivity contribution < 1.29 is 4.79 Å². The molecule has 1 aromatic rings. The smallest absolute Gasteiger partial charge is 0.272 e. The molecule has 0 saturated heterocycles. The molecular weight excluding hydrogens is 274 g/mol. The Morgan fingerprint density at radius 1 is 1.18 bits per heavy atom. The van der Waals surface area contributed by atoms with Crippen LogP contribution in [-0.2, 0) is 12.8 Å². The Balaban J connectivity index is 1.58. The molecule has 1 fully saturated rings. The normalized spacial score (nSPS) is 21.0. The van der Waals surface area contributed by atoms with Crippen molar-refractivity contribution in [1.82, 2.24) is 15.5 Å². The summed E-state index contributed by atoms with van der Waals surface area (Å²) in [5.41, 5.74) is 3.00. The Kier molecular flexibility index (Phi) is 5.16. The summed E-state index contributed by atoms with van der Waals surface area (Å²) in [5.74, 6) is 0.808. The Morgan fingerprint density at radius 3 is 2.73 bits per heavy atom. The van der Waals surface area contributed by atoms with Crippen LogP contribution in [0.5, 0.6) is 0 Å². The molecule has 2 aliphatic rings. The first kappa shape index (κ1) is 15.6. The summed E-state index contributed by atoms with van der Waals surface area (Å²) < 4.78 is 0. The molecule has 1 heterocycles. The number of hydrogen-bond acceptors (Lipinski definition) is 2. The third kappa shape index (κ3) is 3.71. The first-order chi connectivity index (χ1) is 10.7. The van der Waals surface area contributed by atoms with Gasteiger partial charge in [-0.3, -0.25) is 9.89 Å². The van der Waals surface area contributed by atoms with Crippen LogP contribution in [-0.4, -0.2) is 22.1 Å². The van der Waals surface area contributed by atoms with E-state index >= 15 is 0 Å². The standard InChI is InChI=1S/C18H29N3O/c1-13(12-14-8-4-2-5-9-14)19-18(22)17-15-10-6-3-7-11-16(15)20-21-17/h13-14H,2-12H2,1H3,(H,19,22)(H,20,21)/t13-/m0/s1. The fourth-order valence-corrected chi connectivity index (χ4v) is 4.12. The van der Waals surface area contributed by atoms with Crippen molar-refractivity contribution in [3.63, 3.8) is 0 Å². The highest BCUT2D eigenvalue weighted by Gasteiger charge is 2.23. The maximum atomic E-state index is 12.5. The van der Waals surface area contributed by atoms with Crippen LogP contribution < -0.4 is 5.32 Å². The highest BCUT2D eigenvalue weighted by Crippen LogP contribution is 2.27. The van der Waals surface area contributed by atoms with E-state index in [0.29, 0.717) is 5.69 Å². The molecular formula is C18H29N3O. The van der Waals surface area contributed by atoms with Crippen LogP contribution in [0.3, 0.4) is 0 Å². The number of rotatable bonds is 4. The molecule has 122 valence electrons. The van der Waals surface area contributed by atoms with E-state index in [9.17, 15) is 4.79 Å². The zero-order chi connectivity index (χ0) is 15.4. The molecule has 1 saturated carbocycles. The maximum Gasteiger partial charge on any atom is 0.272 e. The van der Waals surface area contributed by atoms with Gasteiger partial charge in [-0.15, -0.1) is 0 Å². The molecule has 4 heteroatoms. The fourth-order valence-electron chi connectivity index (χ4n) is 4.12. The van der Waals surface area contributed by atoms with Crippen LogP contribution in [0.2, 0.25) is 0 Å². The van der Waals surface area contributed by atoms with Gasteiger partial charge in [0.05, 0.1) is 0 Å². The predicted octanol–water partition coefficient (Wildman–Crippen LogP) is 3.77. The number of carbonyl (C=O) groups excluding carboxylic acids is 1. The molecule has 2 N–H and O–H groups in total. The SMILES string of the molecule is C[C@@H](CC1CCCCC1)NC(=O)c1n[nH]c2c1CCCCC2. The van der Waals surface area contributed by atoms with Crippen molar-refractivity contribution >= 4 is 5.91 Å². The van der Waals surface area contributed by atoms with Gasteiger partial charge in [-0.25, -0.2) is 0 Å². The lowest BCUT2D eigenvalue weighted by Gasteiger charge is -2.25. The number of aromatic amines is 1. The summed E-state index contributed by atoms with van der Waals surface area (Å²) in [6, 6.07) is 0.244. The quantitative estimate of drug-likeness (QED) is 0.832. The van der Waals surface area contributed by atoms with Crippen LogP contribution in [0.15, 0.2) is 0 Å². The highest BCUT2D eigenvalue weighted by molar-refractivity contribution is 5.94. The van der Waals surface area contributed by atoms with Crippen molar-refractivity contribution in [2.24, 2.45) is 5.92 Å². The molecule has 1 atom stereocenters. The first-order valence-corrected chi connectivity index (χ1v) is 9.11. The van der Waals surface area contributed by atoms with Crippen molar-refractivity contribution in [2.45, 2.75) is 83.6 Å². The van der Waals surface area contributed by atoms with Crippen molar-refractivity contribution in [3.05, 3.63) is 17.0 Å². The van der Waals surface area contributed by atoms with Gasteiger partial charge in [0, 0.05) is 17.3 Å². The van der Waals surface area contributed by atoms with Gasteiger partial charge >= 0.3 is 0 Å². The maximum absolute atomic E-state index is 12.5. The van der Waals surface area contributed by atoms with E-state index in [4.69, 9.17) is 0 Å². The van der Waals surface area contributed by atoms with Crippen LogP contribution in [0.25, 0.3) is 0 Å². The van der Waals surface area contributed by atoms with Gasteiger partial charge in [0.2, 0.25) is 0 Å². The average Bonchev–Trinajstić information content (AvgIpc) is 2.77. The second-order valence-corrected chi connectivity index (χ2v) is 7.20. The monoisotopic (exact) mass is 303 g/mol. The fraction of sp³-hybridized carbons (Fsp3) is 0.778. The molecule has 3 rings (SSSR count). The molecule has 1 amide bonds. The summed E-state index contributed by atoms with van der Waals surface area (Å²) >= 11 is 0. The van der Waals surface area contributed by atoms with E-state index in [1.807, 2.05) is 0 Å². The summed E-state index contributed by atoms with van der Waals surface area (Å²) in [6.45, 7) is 2.14. The second-order valence-electron chi connectivity index (χ2n) is 7.20. The molecule has 0 spiro atoms. The Hall–Kier alpha value is -1.32. The van der Waals surface area contributed by atoms with Gasteiger partial charge in [0.1, 0.15) is 0 Å². The molecule has 0 radical (unpaired) electrons. The topological polar surface area (TPSA) is 57.8 Å². The summed E-state index contributed by atoms with van der Waals surface area (Å²) in [4.78, 5) is 12.5. The van der Waals surface area contributed by atoms with Crippen LogP contribution in [0.1, 0.15) is 86.5 Å². The van der Waals surface area contributed by atoms with E-state index in [1.165, 1.54) is 62.6 Å². The van der Waals surface area contributed by atoms with Gasteiger partial charge in [-0.2, -0.15) is 5.10 Å². The van der Waals surface area contributed by atoms with Crippen LogP contribution in [0.4, 0.5) is 0 Å². The minimum absolute atomic E-state index is 0.0164. The summed E-state index contributed by atoms with van der Waals surface area (Å²) in [5, 5.41) is 10.6. The molecule has 2 aliphatic carbocycles. The number of H-pyrrole nitrogens is 1. The molecule has 0 aromatic carbocycles. The average molecular weight is 303 g/mol. The first-order valence-electron chi connectivity index (χ1n) is 9.11. The van der Waals surface area contributed by atoms with E-state index in [2.05, 4.69) is 22.4 Å². The Labute approximate surface area is 133 Å². The minimum atomic E-state index is 0.0164. The van der Waals surface area contributed by atoms with Gasteiger partial charge < -0.3 is 5.32 Å². The molecule has 22 heavy (non-hydrogen) atoms. The number of nitrogens with zero attached hydrogens (tertiary/aromatic N) is 1. The van der Waals surface area contributed by atoms with E-state index < -0.39 is 0 Å². The number of aromatic nitrogens is 2. The number of amides is 1. The summed E-state index contributed by atoms with van der Waals surface area (Å²) in [7, 11) is 0. The van der Waals surface area contributed by atoms with Gasteiger partial charge in [-0.05, 0) is 44.9 Å². The van der Waals surface area contributed by atoms with E-state index in [0.717, 1.165) is 25.2 Å². The molecule has 0 unspecified atom stereocenters. The Bertz CT molecular complexity index is 502. The van der Waals surface area contributed by atoms with E-state index in [1.54, 1.807) is 0 Å². The van der Waals surface area contributed by atoms with Crippen LogP contribution >= 0.6 is 0 Å². The third-order valence-corrected chi connectivity index (χ3v) is 5.31. The van der Waals surface area contributed by atoms with Crippen molar-refractivity contribution in [3.8, 4) is 0 Å². The van der Waals surface area contributed by atoms with Crippen molar-refractivity contribution in [2.75, 3.05) is 0 Å². The lowest BCUT2D eigenvalue weighted by molar-refractivity contribution is 0.0927.